The van der Waals surface area contributed by atoms with Crippen molar-refractivity contribution in [1.29, 1.82) is 0 Å². The Bertz CT molecular complexity index is 464. The number of anilines is 1. The van der Waals surface area contributed by atoms with Crippen LogP contribution in [0.3, 0.4) is 0 Å². The Morgan fingerprint density at radius 3 is 2.58 bits per heavy atom. The van der Waals surface area contributed by atoms with E-state index in [9.17, 15) is 4.79 Å². The molecule has 1 amide bonds. The van der Waals surface area contributed by atoms with Gasteiger partial charge in [0.1, 0.15) is 0 Å². The first kappa shape index (κ1) is 14.5. The van der Waals surface area contributed by atoms with E-state index in [0.717, 1.165) is 27.7 Å². The highest BCUT2D eigenvalue weighted by Crippen LogP contribution is 2.27. The lowest BCUT2D eigenvalue weighted by Gasteiger charge is -2.27. The zero-order valence-corrected chi connectivity index (χ0v) is 13.2. The molecule has 1 saturated heterocycles. The first-order chi connectivity index (χ1) is 8.99. The fourth-order valence-corrected chi connectivity index (χ4v) is 2.75. The average Bonchev–Trinajstić information content (AvgIpc) is 2.36. The monoisotopic (exact) mass is 325 g/mol. The average molecular weight is 326 g/mol. The van der Waals surface area contributed by atoms with Gasteiger partial charge in [0.25, 0.3) is 0 Å². The van der Waals surface area contributed by atoms with Gasteiger partial charge < -0.3 is 10.1 Å². The quantitative estimate of drug-likeness (QED) is 0.900. The van der Waals surface area contributed by atoms with Crippen molar-refractivity contribution in [2.45, 2.75) is 27.2 Å². The van der Waals surface area contributed by atoms with Gasteiger partial charge in [-0.2, -0.15) is 0 Å². The van der Waals surface area contributed by atoms with Crippen molar-refractivity contribution in [3.05, 3.63) is 27.7 Å². The van der Waals surface area contributed by atoms with Crippen LogP contribution in [0, 0.1) is 25.7 Å². The molecule has 2 unspecified atom stereocenters. The summed E-state index contributed by atoms with van der Waals surface area (Å²) in [5.74, 6) is 0.446. The lowest BCUT2D eigenvalue weighted by molar-refractivity contribution is -0.125. The molecule has 0 spiro atoms. The van der Waals surface area contributed by atoms with E-state index >= 15 is 0 Å². The summed E-state index contributed by atoms with van der Waals surface area (Å²) < 4.78 is 6.48. The summed E-state index contributed by atoms with van der Waals surface area (Å²) in [5, 5.41) is 3.04. The van der Waals surface area contributed by atoms with Gasteiger partial charge in [-0.05, 0) is 49.4 Å². The van der Waals surface area contributed by atoms with Gasteiger partial charge in [-0.3, -0.25) is 4.79 Å². The number of halogens is 1. The van der Waals surface area contributed by atoms with Crippen LogP contribution in [0.25, 0.3) is 0 Å². The van der Waals surface area contributed by atoms with E-state index in [1.54, 1.807) is 0 Å². The fourth-order valence-electron chi connectivity index (χ4n) is 2.52. The van der Waals surface area contributed by atoms with Crippen LogP contribution in [0.15, 0.2) is 16.6 Å². The highest BCUT2D eigenvalue weighted by atomic mass is 79.9. The Morgan fingerprint density at radius 1 is 1.37 bits per heavy atom. The van der Waals surface area contributed by atoms with Gasteiger partial charge in [-0.15, -0.1) is 0 Å². The molecule has 4 heteroatoms. The molecule has 1 N–H and O–H groups in total. The first-order valence-electron chi connectivity index (χ1n) is 6.64. The van der Waals surface area contributed by atoms with Crippen LogP contribution in [0.1, 0.15) is 24.5 Å². The second-order valence-corrected chi connectivity index (χ2v) is 6.15. The lowest BCUT2D eigenvalue weighted by Crippen LogP contribution is -2.35. The molecule has 2 atom stereocenters. The number of amides is 1. The SMILES string of the molecule is Cc1cc(NC(=O)C2CCOCC2C)cc(C)c1Br. The maximum absolute atomic E-state index is 12.3. The molecule has 0 aliphatic carbocycles. The fraction of sp³-hybridized carbons (Fsp3) is 0.533. The van der Waals surface area contributed by atoms with Crippen molar-refractivity contribution >= 4 is 27.5 Å². The van der Waals surface area contributed by atoms with Gasteiger partial charge >= 0.3 is 0 Å². The molecule has 2 rings (SSSR count). The van der Waals surface area contributed by atoms with E-state index in [4.69, 9.17) is 4.74 Å². The number of aryl methyl sites for hydroxylation is 2. The zero-order valence-electron chi connectivity index (χ0n) is 11.6. The number of hydrogen-bond donors (Lipinski definition) is 1. The third kappa shape index (κ3) is 3.37. The van der Waals surface area contributed by atoms with E-state index < -0.39 is 0 Å². The molecular formula is C15H20BrNO2. The Hall–Kier alpha value is -0.870. The van der Waals surface area contributed by atoms with Gasteiger partial charge in [0.05, 0.1) is 0 Å². The standard InChI is InChI=1S/C15H20BrNO2/c1-9-6-12(7-10(2)14(9)16)17-15(18)13-4-5-19-8-11(13)3/h6-7,11,13H,4-5,8H2,1-3H3,(H,17,18). The molecule has 0 aromatic heterocycles. The van der Waals surface area contributed by atoms with E-state index in [0.29, 0.717) is 13.2 Å². The minimum atomic E-state index is 0.0537. The van der Waals surface area contributed by atoms with Crippen molar-refractivity contribution in [2.75, 3.05) is 18.5 Å². The van der Waals surface area contributed by atoms with E-state index in [1.165, 1.54) is 0 Å². The number of benzene rings is 1. The number of hydrogen-bond acceptors (Lipinski definition) is 2. The molecule has 1 aliphatic rings. The number of carbonyl (C=O) groups is 1. The molecule has 104 valence electrons. The summed E-state index contributed by atoms with van der Waals surface area (Å²) in [6.45, 7) is 7.49. The Kier molecular flexibility index (Phi) is 4.63. The molecule has 1 heterocycles. The first-order valence-corrected chi connectivity index (χ1v) is 7.43. The molecule has 1 aliphatic heterocycles. The molecule has 1 aromatic carbocycles. The van der Waals surface area contributed by atoms with Crippen molar-refractivity contribution in [2.24, 2.45) is 11.8 Å². The van der Waals surface area contributed by atoms with Crippen LogP contribution in [0.5, 0.6) is 0 Å². The molecule has 0 saturated carbocycles. The normalized spacial score (nSPS) is 23.2. The molecule has 19 heavy (non-hydrogen) atoms. The smallest absolute Gasteiger partial charge is 0.227 e. The highest BCUT2D eigenvalue weighted by molar-refractivity contribution is 9.10. The predicted octanol–water partition coefficient (Wildman–Crippen LogP) is 3.68. The van der Waals surface area contributed by atoms with Gasteiger partial charge in [0, 0.05) is 29.3 Å². The third-order valence-corrected chi connectivity index (χ3v) is 4.93. The van der Waals surface area contributed by atoms with Gasteiger partial charge in [0.15, 0.2) is 0 Å². The molecule has 0 bridgehead atoms. The molecular weight excluding hydrogens is 306 g/mol. The lowest BCUT2D eigenvalue weighted by atomic mass is 9.89. The largest absolute Gasteiger partial charge is 0.381 e. The minimum absolute atomic E-state index is 0.0537. The van der Waals surface area contributed by atoms with Crippen molar-refractivity contribution in [3.8, 4) is 0 Å². The van der Waals surface area contributed by atoms with E-state index in [1.807, 2.05) is 26.0 Å². The molecule has 0 radical (unpaired) electrons. The van der Waals surface area contributed by atoms with Crippen LogP contribution < -0.4 is 5.32 Å². The van der Waals surface area contributed by atoms with Crippen LogP contribution in [0.2, 0.25) is 0 Å². The van der Waals surface area contributed by atoms with Gasteiger partial charge in [0.2, 0.25) is 5.91 Å². The Balaban J connectivity index is 2.10. The number of nitrogens with one attached hydrogen (secondary N) is 1. The van der Waals surface area contributed by atoms with Gasteiger partial charge in [-0.25, -0.2) is 0 Å². The summed E-state index contributed by atoms with van der Waals surface area (Å²) in [6.07, 6.45) is 0.807. The summed E-state index contributed by atoms with van der Waals surface area (Å²) in [4.78, 5) is 12.3. The van der Waals surface area contributed by atoms with Crippen molar-refractivity contribution in [3.63, 3.8) is 0 Å². The topological polar surface area (TPSA) is 38.3 Å². The Morgan fingerprint density at radius 2 is 2.00 bits per heavy atom. The van der Waals surface area contributed by atoms with E-state index in [2.05, 4.69) is 28.2 Å². The Labute approximate surface area is 122 Å². The molecule has 1 aromatic rings. The number of carbonyl (C=O) groups excluding carboxylic acids is 1. The molecule has 3 nitrogen and oxygen atoms in total. The van der Waals surface area contributed by atoms with Crippen LogP contribution >= 0.6 is 15.9 Å². The maximum atomic E-state index is 12.3. The highest BCUT2D eigenvalue weighted by Gasteiger charge is 2.28. The van der Waals surface area contributed by atoms with Crippen LogP contribution in [-0.4, -0.2) is 19.1 Å². The van der Waals surface area contributed by atoms with Crippen LogP contribution in [-0.2, 0) is 9.53 Å². The maximum Gasteiger partial charge on any atom is 0.227 e. The molecule has 1 fully saturated rings. The number of rotatable bonds is 2. The summed E-state index contributed by atoms with van der Waals surface area (Å²) >= 11 is 3.54. The summed E-state index contributed by atoms with van der Waals surface area (Å²) in [7, 11) is 0. The third-order valence-electron chi connectivity index (χ3n) is 3.68. The second kappa shape index (κ2) is 6.06. The van der Waals surface area contributed by atoms with Crippen molar-refractivity contribution < 1.29 is 9.53 Å². The zero-order chi connectivity index (χ0) is 14.0. The second-order valence-electron chi connectivity index (χ2n) is 5.36. The van der Waals surface area contributed by atoms with Crippen LogP contribution in [0.4, 0.5) is 5.69 Å². The minimum Gasteiger partial charge on any atom is -0.381 e. The number of ether oxygens (including phenoxy) is 1. The van der Waals surface area contributed by atoms with E-state index in [-0.39, 0.29) is 17.7 Å². The summed E-state index contributed by atoms with van der Waals surface area (Å²) in [6, 6.07) is 4.00. The van der Waals surface area contributed by atoms with Gasteiger partial charge in [-0.1, -0.05) is 22.9 Å². The summed E-state index contributed by atoms with van der Waals surface area (Å²) in [5.41, 5.74) is 3.15. The van der Waals surface area contributed by atoms with Crippen molar-refractivity contribution in [1.82, 2.24) is 0 Å². The predicted molar refractivity (Wildman–Crippen MR) is 80.3 cm³/mol.